The fraction of sp³-hybridized carbons (Fsp3) is 0.222. The summed E-state index contributed by atoms with van der Waals surface area (Å²) in [6, 6.07) is 13.2. The van der Waals surface area contributed by atoms with Gasteiger partial charge in [0.05, 0.1) is 16.9 Å². The van der Waals surface area contributed by atoms with Crippen molar-refractivity contribution in [2.24, 2.45) is 5.73 Å². The number of nitrogen functional groups attached to an aromatic ring is 1. The van der Waals surface area contributed by atoms with Crippen molar-refractivity contribution in [3.8, 4) is 0 Å². The van der Waals surface area contributed by atoms with Gasteiger partial charge in [-0.2, -0.15) is 4.37 Å². The van der Waals surface area contributed by atoms with Crippen LogP contribution in [-0.2, 0) is 4.79 Å². The zero-order valence-electron chi connectivity index (χ0n) is 20.3. The smallest absolute Gasteiger partial charge is 0.273 e. The van der Waals surface area contributed by atoms with Crippen LogP contribution < -0.4 is 21.7 Å². The number of benzene rings is 2. The number of rotatable bonds is 7. The van der Waals surface area contributed by atoms with Gasteiger partial charge in [0.2, 0.25) is 5.91 Å². The third-order valence-electron chi connectivity index (χ3n) is 6.64. The normalized spacial score (nSPS) is 14.3. The Bertz CT molecular complexity index is 1530. The second-order valence-electron chi connectivity index (χ2n) is 9.11. The number of nitrogens with two attached hydrogens (primary N) is 2. The molecule has 38 heavy (non-hydrogen) atoms. The van der Waals surface area contributed by atoms with Crippen LogP contribution in [0.25, 0.3) is 10.9 Å². The van der Waals surface area contributed by atoms with Crippen molar-refractivity contribution in [3.63, 3.8) is 0 Å². The van der Waals surface area contributed by atoms with E-state index in [2.05, 4.69) is 14.7 Å². The highest BCUT2D eigenvalue weighted by molar-refractivity contribution is 7.09. The lowest BCUT2D eigenvalue weighted by Gasteiger charge is -2.32. The quantitative estimate of drug-likeness (QED) is 0.329. The summed E-state index contributed by atoms with van der Waals surface area (Å²) in [6.45, 7) is 0. The lowest BCUT2D eigenvalue weighted by Crippen LogP contribution is -2.46. The zero-order chi connectivity index (χ0) is 26.8. The lowest BCUT2D eigenvalue weighted by atomic mass is 9.99. The fourth-order valence-electron chi connectivity index (χ4n) is 4.78. The summed E-state index contributed by atoms with van der Waals surface area (Å²) in [5, 5.41) is 3.80. The van der Waals surface area contributed by atoms with Gasteiger partial charge in [-0.05, 0) is 60.3 Å². The molecular weight excluding hydrogens is 507 g/mol. The topological polar surface area (TPSA) is 144 Å². The number of amides is 3. The Morgan fingerprint density at radius 1 is 1.08 bits per heavy atom. The van der Waals surface area contributed by atoms with Crippen LogP contribution in [0.15, 0.2) is 60.8 Å². The number of primary amides is 1. The first-order valence-corrected chi connectivity index (χ1v) is 12.9. The largest absolute Gasteiger partial charge is 0.395 e. The highest BCUT2D eigenvalue weighted by Crippen LogP contribution is 2.35. The molecule has 0 bridgehead atoms. The maximum Gasteiger partial charge on any atom is 0.273 e. The summed E-state index contributed by atoms with van der Waals surface area (Å²) >= 11 is 0.670. The molecule has 4 aromatic rings. The van der Waals surface area contributed by atoms with Gasteiger partial charge in [0.25, 0.3) is 11.8 Å². The molecule has 194 valence electrons. The number of carbonyl (C=O) groups excluding carboxylic acids is 3. The number of para-hydroxylation sites is 1. The van der Waals surface area contributed by atoms with Gasteiger partial charge in [0, 0.05) is 17.6 Å². The molecule has 3 amide bonds. The van der Waals surface area contributed by atoms with Crippen molar-refractivity contribution < 1.29 is 18.8 Å². The van der Waals surface area contributed by atoms with Gasteiger partial charge in [-0.15, -0.1) is 0 Å². The van der Waals surface area contributed by atoms with Gasteiger partial charge >= 0.3 is 0 Å². The Morgan fingerprint density at radius 3 is 2.55 bits per heavy atom. The summed E-state index contributed by atoms with van der Waals surface area (Å²) in [5.41, 5.74) is 12.0. The molecule has 0 saturated heterocycles. The van der Waals surface area contributed by atoms with Gasteiger partial charge in [-0.1, -0.05) is 37.1 Å². The molecule has 1 aliphatic rings. The van der Waals surface area contributed by atoms with Gasteiger partial charge in [-0.25, -0.2) is 4.39 Å². The molecule has 1 aliphatic carbocycles. The minimum atomic E-state index is -1.26. The molecule has 2 aromatic heterocycles. The number of aromatic nitrogens is 2. The van der Waals surface area contributed by atoms with Gasteiger partial charge in [0.15, 0.2) is 5.69 Å². The van der Waals surface area contributed by atoms with E-state index in [0.717, 1.165) is 36.0 Å². The number of nitrogens with zero attached hydrogens (tertiary/aromatic N) is 3. The van der Waals surface area contributed by atoms with Crippen LogP contribution in [-0.4, -0.2) is 33.1 Å². The Kier molecular flexibility index (Phi) is 7.01. The lowest BCUT2D eigenvalue weighted by molar-refractivity contribution is -0.123. The molecule has 1 unspecified atom stereocenters. The van der Waals surface area contributed by atoms with E-state index in [4.69, 9.17) is 11.5 Å². The number of pyridine rings is 1. The summed E-state index contributed by atoms with van der Waals surface area (Å²) < 4.78 is 19.2. The number of hydrogen-bond donors (Lipinski definition) is 3. The summed E-state index contributed by atoms with van der Waals surface area (Å²) in [4.78, 5) is 45.1. The van der Waals surface area contributed by atoms with Crippen LogP contribution in [0.4, 0.5) is 15.8 Å². The molecule has 0 radical (unpaired) electrons. The van der Waals surface area contributed by atoms with E-state index < -0.39 is 29.6 Å². The van der Waals surface area contributed by atoms with Gasteiger partial charge < -0.3 is 16.8 Å². The standard InChI is InChI=1S/C27H25FN6O3S/c28-18-9-3-4-10-20(18)34(27(37)24-21(29)22(25(30)35)33-38-24)23(26(36)32-17-7-1-2-8-17)16-11-12-19-15(14-16)6-5-13-31-19/h3-6,9-14,17,23H,1-2,7-8,29H2,(H2,30,35)(H,32,36). The van der Waals surface area contributed by atoms with Crippen LogP contribution in [0.1, 0.15) is 57.4 Å². The molecule has 11 heteroatoms. The third kappa shape index (κ3) is 4.80. The maximum absolute atomic E-state index is 15.3. The Hall–Kier alpha value is -4.38. The van der Waals surface area contributed by atoms with E-state index in [1.165, 1.54) is 18.2 Å². The first kappa shape index (κ1) is 25.3. The molecule has 2 aromatic carbocycles. The number of hydrogen-bond acceptors (Lipinski definition) is 7. The maximum atomic E-state index is 15.3. The number of anilines is 2. The van der Waals surface area contributed by atoms with Crippen molar-refractivity contribution in [1.82, 2.24) is 14.7 Å². The van der Waals surface area contributed by atoms with E-state index in [-0.39, 0.29) is 28.0 Å². The molecule has 5 rings (SSSR count). The van der Waals surface area contributed by atoms with Crippen LogP contribution in [0.5, 0.6) is 0 Å². The minimum absolute atomic E-state index is 0.0559. The molecule has 0 aliphatic heterocycles. The Balaban J connectivity index is 1.69. The number of carbonyl (C=O) groups is 3. The average molecular weight is 533 g/mol. The number of halogens is 1. The van der Waals surface area contributed by atoms with Gasteiger partial charge in [0.1, 0.15) is 16.7 Å². The average Bonchev–Trinajstić information content (AvgIpc) is 3.56. The van der Waals surface area contributed by atoms with Crippen LogP contribution in [0, 0.1) is 5.82 Å². The van der Waals surface area contributed by atoms with Crippen LogP contribution in [0.3, 0.4) is 0 Å². The second kappa shape index (κ2) is 10.5. The summed E-state index contributed by atoms with van der Waals surface area (Å²) in [7, 11) is 0. The fourth-order valence-corrected chi connectivity index (χ4v) is 5.53. The van der Waals surface area contributed by atoms with Crippen molar-refractivity contribution in [1.29, 1.82) is 0 Å². The molecule has 2 heterocycles. The van der Waals surface area contributed by atoms with Crippen molar-refractivity contribution in [3.05, 3.63) is 82.7 Å². The molecule has 1 fully saturated rings. The van der Waals surface area contributed by atoms with Crippen molar-refractivity contribution in [2.45, 2.75) is 37.8 Å². The molecule has 0 spiro atoms. The van der Waals surface area contributed by atoms with E-state index in [0.29, 0.717) is 22.6 Å². The third-order valence-corrected chi connectivity index (χ3v) is 7.49. The predicted molar refractivity (Wildman–Crippen MR) is 143 cm³/mol. The van der Waals surface area contributed by atoms with E-state index in [9.17, 15) is 14.4 Å². The molecule has 5 N–H and O–H groups in total. The highest BCUT2D eigenvalue weighted by atomic mass is 32.1. The van der Waals surface area contributed by atoms with Crippen LogP contribution in [0.2, 0.25) is 0 Å². The van der Waals surface area contributed by atoms with Crippen molar-refractivity contribution >= 4 is 51.5 Å². The summed E-state index contributed by atoms with van der Waals surface area (Å²) in [6.07, 6.45) is 5.26. The number of fused-ring (bicyclic) bond motifs is 1. The number of nitrogens with one attached hydrogen (secondary N) is 1. The first-order valence-electron chi connectivity index (χ1n) is 12.1. The predicted octanol–water partition coefficient (Wildman–Crippen LogP) is 3.96. The monoisotopic (exact) mass is 532 g/mol. The van der Waals surface area contributed by atoms with E-state index in [1.54, 1.807) is 36.5 Å². The molecule has 9 nitrogen and oxygen atoms in total. The molecule has 1 atom stereocenters. The minimum Gasteiger partial charge on any atom is -0.395 e. The Labute approximate surface area is 221 Å². The Morgan fingerprint density at radius 2 is 1.84 bits per heavy atom. The highest BCUT2D eigenvalue weighted by Gasteiger charge is 2.38. The zero-order valence-corrected chi connectivity index (χ0v) is 21.1. The summed E-state index contributed by atoms with van der Waals surface area (Å²) in [5.74, 6) is -2.85. The molecular formula is C27H25FN6O3S. The second-order valence-corrected chi connectivity index (χ2v) is 9.89. The molecule has 1 saturated carbocycles. The van der Waals surface area contributed by atoms with Gasteiger partial charge in [-0.3, -0.25) is 24.3 Å². The van der Waals surface area contributed by atoms with Crippen molar-refractivity contribution in [2.75, 3.05) is 10.6 Å². The van der Waals surface area contributed by atoms with Crippen LogP contribution >= 0.6 is 11.5 Å². The first-order chi connectivity index (χ1) is 18.3. The van der Waals surface area contributed by atoms with E-state index >= 15 is 4.39 Å². The SMILES string of the molecule is NC(=O)c1nsc(C(=O)N(c2ccccc2F)C(C(=O)NC2CCCC2)c2ccc3ncccc3c2)c1N. The van der Waals surface area contributed by atoms with E-state index in [1.807, 2.05) is 6.07 Å².